The first kappa shape index (κ1) is 23.1. The molecule has 0 spiro atoms. The molecule has 2 aliphatic heterocycles. The number of carbonyl (C=O) groups excluding carboxylic acids is 3. The highest BCUT2D eigenvalue weighted by molar-refractivity contribution is 6.04. The summed E-state index contributed by atoms with van der Waals surface area (Å²) in [6, 6.07) is 17.1. The fraction of sp³-hybridized carbons (Fsp3) is 0.276. The third-order valence-corrected chi connectivity index (χ3v) is 7.42. The SMILES string of the molecule is CC(C)[C@H](NC(=O)[C@@H]1Cc2c([nH]c3ccccc23)[C@@H]2c3ccccc3C(=O)N21)C(=O)NCc1ccco1. The van der Waals surface area contributed by atoms with Crippen molar-refractivity contribution in [3.8, 4) is 0 Å². The van der Waals surface area contributed by atoms with Crippen LogP contribution in [0.3, 0.4) is 0 Å². The van der Waals surface area contributed by atoms with Crippen LogP contribution in [0.4, 0.5) is 0 Å². The number of carbonyl (C=O) groups is 3. The summed E-state index contributed by atoms with van der Waals surface area (Å²) in [6.07, 6.45) is 1.91. The summed E-state index contributed by atoms with van der Waals surface area (Å²) in [4.78, 5) is 45.7. The van der Waals surface area contributed by atoms with Crippen molar-refractivity contribution in [2.75, 3.05) is 0 Å². The van der Waals surface area contributed by atoms with E-state index in [4.69, 9.17) is 4.42 Å². The van der Waals surface area contributed by atoms with Gasteiger partial charge in [0.15, 0.2) is 0 Å². The minimum atomic E-state index is -0.759. The molecule has 2 aromatic carbocycles. The Morgan fingerprint density at radius 2 is 1.86 bits per heavy atom. The summed E-state index contributed by atoms with van der Waals surface area (Å²) in [5, 5.41) is 6.85. The van der Waals surface area contributed by atoms with Gasteiger partial charge in [-0.3, -0.25) is 14.4 Å². The van der Waals surface area contributed by atoms with Crippen LogP contribution in [0.5, 0.6) is 0 Å². The van der Waals surface area contributed by atoms with Gasteiger partial charge in [0.1, 0.15) is 17.8 Å². The van der Waals surface area contributed by atoms with E-state index in [1.54, 1.807) is 23.3 Å². The Morgan fingerprint density at radius 1 is 1.08 bits per heavy atom. The van der Waals surface area contributed by atoms with Crippen molar-refractivity contribution in [1.82, 2.24) is 20.5 Å². The van der Waals surface area contributed by atoms with E-state index >= 15 is 0 Å². The number of benzene rings is 2. The molecule has 0 saturated heterocycles. The van der Waals surface area contributed by atoms with Crippen LogP contribution in [-0.2, 0) is 22.6 Å². The molecule has 3 amide bonds. The van der Waals surface area contributed by atoms with Gasteiger partial charge in [0.25, 0.3) is 5.91 Å². The zero-order valence-electron chi connectivity index (χ0n) is 20.7. The molecule has 8 nitrogen and oxygen atoms in total. The molecule has 0 bridgehead atoms. The first-order valence-electron chi connectivity index (χ1n) is 12.6. The number of H-pyrrole nitrogens is 1. The molecule has 0 unspecified atom stereocenters. The minimum Gasteiger partial charge on any atom is -0.467 e. The van der Waals surface area contributed by atoms with Gasteiger partial charge in [-0.1, -0.05) is 50.2 Å². The Hall–Kier alpha value is -4.33. The maximum absolute atomic E-state index is 13.8. The largest absolute Gasteiger partial charge is 0.467 e. The van der Waals surface area contributed by atoms with Gasteiger partial charge >= 0.3 is 0 Å². The maximum Gasteiger partial charge on any atom is 0.255 e. The van der Waals surface area contributed by atoms with Crippen LogP contribution in [0, 0.1) is 5.92 Å². The highest BCUT2D eigenvalue weighted by Gasteiger charge is 2.49. The lowest BCUT2D eigenvalue weighted by Gasteiger charge is -2.38. The van der Waals surface area contributed by atoms with Crippen LogP contribution in [0.2, 0.25) is 0 Å². The second-order valence-electron chi connectivity index (χ2n) is 10.0. The summed E-state index contributed by atoms with van der Waals surface area (Å²) in [7, 11) is 0. The number of nitrogens with zero attached hydrogens (tertiary/aromatic N) is 1. The lowest BCUT2D eigenvalue weighted by atomic mass is 9.89. The average Bonchev–Trinajstić information content (AvgIpc) is 3.62. The van der Waals surface area contributed by atoms with Crippen molar-refractivity contribution in [1.29, 1.82) is 0 Å². The summed E-state index contributed by atoms with van der Waals surface area (Å²) >= 11 is 0. The smallest absolute Gasteiger partial charge is 0.255 e. The molecule has 0 aliphatic carbocycles. The number of nitrogens with one attached hydrogen (secondary N) is 3. The molecule has 3 atom stereocenters. The number of hydrogen-bond donors (Lipinski definition) is 3. The Bertz CT molecular complexity index is 1500. The van der Waals surface area contributed by atoms with E-state index in [0.717, 1.165) is 27.7 Å². The van der Waals surface area contributed by atoms with E-state index in [9.17, 15) is 14.4 Å². The molecule has 3 N–H and O–H groups in total. The first-order chi connectivity index (χ1) is 17.9. The molecule has 6 rings (SSSR count). The second-order valence-corrected chi connectivity index (χ2v) is 10.0. The molecule has 8 heteroatoms. The third kappa shape index (κ3) is 3.80. The van der Waals surface area contributed by atoms with Gasteiger partial charge in [0, 0.05) is 28.6 Å². The van der Waals surface area contributed by atoms with Crippen LogP contribution in [-0.4, -0.2) is 39.7 Å². The number of hydrogen-bond acceptors (Lipinski definition) is 4. The van der Waals surface area contributed by atoms with Gasteiger partial charge < -0.3 is 24.9 Å². The monoisotopic (exact) mass is 496 g/mol. The second kappa shape index (κ2) is 8.96. The average molecular weight is 497 g/mol. The summed E-state index contributed by atoms with van der Waals surface area (Å²) in [5.74, 6) is -0.335. The van der Waals surface area contributed by atoms with Gasteiger partial charge in [-0.15, -0.1) is 0 Å². The van der Waals surface area contributed by atoms with E-state index in [-0.39, 0.29) is 36.2 Å². The minimum absolute atomic E-state index is 0.157. The van der Waals surface area contributed by atoms with E-state index in [2.05, 4.69) is 15.6 Å². The van der Waals surface area contributed by atoms with Crippen molar-refractivity contribution < 1.29 is 18.8 Å². The van der Waals surface area contributed by atoms with Crippen molar-refractivity contribution in [3.63, 3.8) is 0 Å². The molecule has 2 aliphatic rings. The summed E-state index contributed by atoms with van der Waals surface area (Å²) in [5.41, 5.74) is 4.44. The zero-order chi connectivity index (χ0) is 25.7. The van der Waals surface area contributed by atoms with Gasteiger partial charge in [-0.05, 0) is 41.3 Å². The molecule has 0 fully saturated rings. The molecule has 37 heavy (non-hydrogen) atoms. The lowest BCUT2D eigenvalue weighted by molar-refractivity contribution is -0.133. The quantitative estimate of drug-likeness (QED) is 0.378. The number of para-hydroxylation sites is 1. The maximum atomic E-state index is 13.8. The Kier molecular flexibility index (Phi) is 5.59. The van der Waals surface area contributed by atoms with Crippen LogP contribution in [0.15, 0.2) is 71.3 Å². The normalized spacial score (nSPS) is 18.9. The Morgan fingerprint density at radius 3 is 2.65 bits per heavy atom. The van der Waals surface area contributed by atoms with Gasteiger partial charge in [-0.25, -0.2) is 0 Å². The lowest BCUT2D eigenvalue weighted by Crippen LogP contribution is -2.57. The molecular weight excluding hydrogens is 468 g/mol. The van der Waals surface area contributed by atoms with Crippen molar-refractivity contribution in [3.05, 3.63) is 95.1 Å². The zero-order valence-corrected chi connectivity index (χ0v) is 20.7. The molecular formula is C29H28N4O4. The first-order valence-corrected chi connectivity index (χ1v) is 12.6. The van der Waals surface area contributed by atoms with Crippen molar-refractivity contribution >= 4 is 28.6 Å². The Balaban J connectivity index is 1.33. The van der Waals surface area contributed by atoms with Gasteiger partial charge in [0.2, 0.25) is 11.8 Å². The predicted octanol–water partition coefficient (Wildman–Crippen LogP) is 3.69. The number of aromatic amines is 1. The molecule has 188 valence electrons. The standard InChI is InChI=1S/C29H28N4O4/c1-16(2)24(28(35)30-15-17-8-7-13-37-17)32-27(34)23-14-21-18-9-5-6-12-22(18)31-25(21)26-19-10-3-4-11-20(19)29(36)33(23)26/h3-13,16,23-24,26,31H,14-15H2,1-2H3,(H,30,35)(H,32,34)/t23-,24-,26-/m0/s1. The highest BCUT2D eigenvalue weighted by atomic mass is 16.3. The number of aromatic nitrogens is 1. The van der Waals surface area contributed by atoms with E-state index in [1.807, 2.05) is 62.4 Å². The predicted molar refractivity (Wildman–Crippen MR) is 138 cm³/mol. The third-order valence-electron chi connectivity index (χ3n) is 7.42. The number of amides is 3. The summed E-state index contributed by atoms with van der Waals surface area (Å²) < 4.78 is 5.30. The molecule has 0 radical (unpaired) electrons. The van der Waals surface area contributed by atoms with Gasteiger partial charge in [-0.2, -0.15) is 0 Å². The van der Waals surface area contributed by atoms with E-state index in [0.29, 0.717) is 17.7 Å². The van der Waals surface area contributed by atoms with Crippen molar-refractivity contribution in [2.24, 2.45) is 5.92 Å². The fourth-order valence-electron chi connectivity index (χ4n) is 5.62. The van der Waals surface area contributed by atoms with Crippen molar-refractivity contribution in [2.45, 2.75) is 44.9 Å². The van der Waals surface area contributed by atoms with Crippen LogP contribution >= 0.6 is 0 Å². The highest BCUT2D eigenvalue weighted by Crippen LogP contribution is 2.46. The molecule has 4 heterocycles. The molecule has 0 saturated carbocycles. The van der Waals surface area contributed by atoms with E-state index in [1.165, 1.54) is 0 Å². The molecule has 4 aromatic rings. The van der Waals surface area contributed by atoms with Crippen LogP contribution in [0.1, 0.15) is 52.8 Å². The van der Waals surface area contributed by atoms with Gasteiger partial charge in [0.05, 0.1) is 18.8 Å². The number of rotatable bonds is 6. The number of fused-ring (bicyclic) bond motifs is 7. The fourth-order valence-corrected chi connectivity index (χ4v) is 5.62. The Labute approximate surface area is 214 Å². The van der Waals surface area contributed by atoms with Crippen LogP contribution < -0.4 is 10.6 Å². The van der Waals surface area contributed by atoms with E-state index < -0.39 is 12.1 Å². The van der Waals surface area contributed by atoms with Crippen LogP contribution in [0.25, 0.3) is 10.9 Å². The summed E-state index contributed by atoms with van der Waals surface area (Å²) in [6.45, 7) is 4.00. The topological polar surface area (TPSA) is 107 Å². The number of furan rings is 1. The molecule has 2 aromatic heterocycles.